The Hall–Kier alpha value is -1.16. The summed E-state index contributed by atoms with van der Waals surface area (Å²) in [5.74, 6) is 0.835. The molecule has 0 unspecified atom stereocenters. The lowest BCUT2D eigenvalue weighted by Crippen LogP contribution is -2.25. The lowest BCUT2D eigenvalue weighted by Gasteiger charge is -2.26. The highest BCUT2D eigenvalue weighted by atomic mass is 16.5. The van der Waals surface area contributed by atoms with Crippen LogP contribution in [-0.2, 0) is 6.54 Å². The summed E-state index contributed by atoms with van der Waals surface area (Å²) in [5, 5.41) is 3.39. The number of aryl methyl sites for hydroxylation is 1. The molecule has 2 rings (SSSR count). The van der Waals surface area contributed by atoms with Gasteiger partial charge in [-0.3, -0.25) is 0 Å². The van der Waals surface area contributed by atoms with E-state index in [9.17, 15) is 0 Å². The molecule has 1 aromatic rings. The van der Waals surface area contributed by atoms with Crippen molar-refractivity contribution >= 4 is 0 Å². The predicted molar refractivity (Wildman–Crippen MR) is 80.8 cm³/mol. The molecular formula is C16H27N3O. The second kappa shape index (κ2) is 7.02. The fourth-order valence-corrected chi connectivity index (χ4v) is 2.51. The van der Waals surface area contributed by atoms with Crippen LogP contribution >= 0.6 is 0 Å². The Balaban J connectivity index is 1.91. The highest BCUT2D eigenvalue weighted by Gasteiger charge is 2.20. The molecule has 1 aliphatic rings. The van der Waals surface area contributed by atoms with Crippen LogP contribution in [0.5, 0.6) is 6.01 Å². The maximum Gasteiger partial charge on any atom is 0.316 e. The number of nitrogens with one attached hydrogen (secondary N) is 1. The minimum absolute atomic E-state index is 0.297. The van der Waals surface area contributed by atoms with Gasteiger partial charge in [-0.2, -0.15) is 0 Å². The van der Waals surface area contributed by atoms with Gasteiger partial charge in [0.15, 0.2) is 0 Å². The van der Waals surface area contributed by atoms with E-state index in [1.165, 1.54) is 12.8 Å². The van der Waals surface area contributed by atoms with Crippen LogP contribution in [0.15, 0.2) is 6.20 Å². The van der Waals surface area contributed by atoms with Gasteiger partial charge in [-0.15, -0.1) is 0 Å². The highest BCUT2D eigenvalue weighted by molar-refractivity contribution is 5.17. The zero-order chi connectivity index (χ0) is 14.5. The van der Waals surface area contributed by atoms with Crippen molar-refractivity contribution in [3.63, 3.8) is 0 Å². The highest BCUT2D eigenvalue weighted by Crippen LogP contribution is 2.26. The molecule has 1 N–H and O–H groups in total. The predicted octanol–water partition coefficient (Wildman–Crippen LogP) is 3.24. The molecule has 0 radical (unpaired) electrons. The summed E-state index contributed by atoms with van der Waals surface area (Å²) in [6.45, 7) is 9.42. The third-order valence-electron chi connectivity index (χ3n) is 3.99. The van der Waals surface area contributed by atoms with Crippen LogP contribution in [-0.4, -0.2) is 22.1 Å². The Morgan fingerprint density at radius 3 is 2.60 bits per heavy atom. The summed E-state index contributed by atoms with van der Waals surface area (Å²) in [6, 6.07) is 1.00. The summed E-state index contributed by atoms with van der Waals surface area (Å²) in [7, 11) is 0. The summed E-state index contributed by atoms with van der Waals surface area (Å²) < 4.78 is 5.92. The van der Waals surface area contributed by atoms with Gasteiger partial charge in [-0.25, -0.2) is 9.97 Å². The largest absolute Gasteiger partial charge is 0.460 e. The van der Waals surface area contributed by atoms with Crippen LogP contribution in [0.2, 0.25) is 0 Å². The van der Waals surface area contributed by atoms with E-state index >= 15 is 0 Å². The molecule has 112 valence electrons. The first-order valence-electron chi connectivity index (χ1n) is 7.77. The Kier molecular flexibility index (Phi) is 5.35. The maximum atomic E-state index is 5.92. The normalized spacial score (nSPS) is 23.1. The first kappa shape index (κ1) is 15.2. The van der Waals surface area contributed by atoms with E-state index in [2.05, 4.69) is 36.1 Å². The Morgan fingerprint density at radius 2 is 2.00 bits per heavy atom. The molecule has 0 aromatic carbocycles. The van der Waals surface area contributed by atoms with E-state index in [0.29, 0.717) is 18.2 Å². The standard InChI is InChI=1S/C16H27N3O/c1-11(2)17-9-14-10-18-16(19-13(14)4)20-15-7-5-12(3)6-8-15/h10-12,15,17H,5-9H2,1-4H3. The fraction of sp³-hybridized carbons (Fsp3) is 0.750. The minimum Gasteiger partial charge on any atom is -0.460 e. The van der Waals surface area contributed by atoms with Gasteiger partial charge in [0.05, 0.1) is 0 Å². The number of ether oxygens (including phenoxy) is 1. The van der Waals surface area contributed by atoms with E-state index in [1.54, 1.807) is 0 Å². The maximum absolute atomic E-state index is 5.92. The Bertz CT molecular complexity index is 426. The number of hydrogen-bond acceptors (Lipinski definition) is 4. The SMILES string of the molecule is Cc1nc(OC2CCC(C)CC2)ncc1CNC(C)C. The monoisotopic (exact) mass is 277 g/mol. The molecule has 1 aromatic heterocycles. The molecule has 0 amide bonds. The van der Waals surface area contributed by atoms with Gasteiger partial charge in [-0.1, -0.05) is 20.8 Å². The van der Waals surface area contributed by atoms with Crippen LogP contribution in [0, 0.1) is 12.8 Å². The van der Waals surface area contributed by atoms with Crippen molar-refractivity contribution in [2.24, 2.45) is 5.92 Å². The molecule has 4 heteroatoms. The van der Waals surface area contributed by atoms with Crippen LogP contribution in [0.25, 0.3) is 0 Å². The van der Waals surface area contributed by atoms with Gasteiger partial charge < -0.3 is 10.1 Å². The van der Waals surface area contributed by atoms with Crippen LogP contribution < -0.4 is 10.1 Å². The molecule has 20 heavy (non-hydrogen) atoms. The first-order valence-corrected chi connectivity index (χ1v) is 7.77. The number of rotatable bonds is 5. The first-order chi connectivity index (χ1) is 9.54. The molecule has 0 saturated heterocycles. The molecule has 4 nitrogen and oxygen atoms in total. The van der Waals surface area contributed by atoms with Crippen LogP contribution in [0.3, 0.4) is 0 Å². The van der Waals surface area contributed by atoms with Crippen molar-refractivity contribution in [3.8, 4) is 6.01 Å². The lowest BCUT2D eigenvalue weighted by atomic mass is 9.89. The van der Waals surface area contributed by atoms with E-state index in [-0.39, 0.29) is 0 Å². The van der Waals surface area contributed by atoms with Gasteiger partial charge in [0.25, 0.3) is 0 Å². The average Bonchev–Trinajstić information content (AvgIpc) is 2.40. The summed E-state index contributed by atoms with van der Waals surface area (Å²) in [5.41, 5.74) is 2.15. The van der Waals surface area contributed by atoms with Crippen molar-refractivity contribution in [1.82, 2.24) is 15.3 Å². The van der Waals surface area contributed by atoms with E-state index in [4.69, 9.17) is 4.74 Å². The number of hydrogen-bond donors (Lipinski definition) is 1. The van der Waals surface area contributed by atoms with Gasteiger partial charge in [0.1, 0.15) is 6.10 Å². The molecule has 0 spiro atoms. The van der Waals surface area contributed by atoms with Crippen molar-refractivity contribution in [3.05, 3.63) is 17.5 Å². The quantitative estimate of drug-likeness (QED) is 0.897. The van der Waals surface area contributed by atoms with Crippen molar-refractivity contribution in [1.29, 1.82) is 0 Å². The molecule has 1 saturated carbocycles. The van der Waals surface area contributed by atoms with Crippen LogP contribution in [0.4, 0.5) is 0 Å². The summed E-state index contributed by atoms with van der Waals surface area (Å²) in [4.78, 5) is 8.85. The molecule has 1 aliphatic carbocycles. The molecule has 0 bridgehead atoms. The van der Waals surface area contributed by atoms with Crippen LogP contribution in [0.1, 0.15) is 57.7 Å². The summed E-state index contributed by atoms with van der Waals surface area (Å²) >= 11 is 0. The van der Waals surface area contributed by atoms with E-state index < -0.39 is 0 Å². The van der Waals surface area contributed by atoms with Crippen molar-refractivity contribution in [2.45, 2.75) is 72.1 Å². The number of nitrogens with zero attached hydrogens (tertiary/aromatic N) is 2. The van der Waals surface area contributed by atoms with Gasteiger partial charge >= 0.3 is 6.01 Å². The second-order valence-corrected chi connectivity index (χ2v) is 6.30. The third-order valence-corrected chi connectivity index (χ3v) is 3.99. The molecule has 0 atom stereocenters. The Labute approximate surface area is 122 Å². The minimum atomic E-state index is 0.297. The lowest BCUT2D eigenvalue weighted by molar-refractivity contribution is 0.124. The van der Waals surface area contributed by atoms with Gasteiger partial charge in [-0.05, 0) is 38.5 Å². The zero-order valence-corrected chi connectivity index (χ0v) is 13.1. The third kappa shape index (κ3) is 4.44. The van der Waals surface area contributed by atoms with E-state index in [0.717, 1.165) is 36.6 Å². The molecular weight excluding hydrogens is 250 g/mol. The zero-order valence-electron chi connectivity index (χ0n) is 13.1. The fourth-order valence-electron chi connectivity index (χ4n) is 2.51. The topological polar surface area (TPSA) is 47.0 Å². The molecule has 0 aliphatic heterocycles. The Morgan fingerprint density at radius 1 is 1.30 bits per heavy atom. The van der Waals surface area contributed by atoms with Gasteiger partial charge in [0, 0.05) is 30.0 Å². The van der Waals surface area contributed by atoms with E-state index in [1.807, 2.05) is 13.1 Å². The second-order valence-electron chi connectivity index (χ2n) is 6.30. The van der Waals surface area contributed by atoms with Crippen molar-refractivity contribution < 1.29 is 4.74 Å². The molecule has 1 heterocycles. The summed E-state index contributed by atoms with van der Waals surface area (Å²) in [6.07, 6.45) is 6.93. The number of aromatic nitrogens is 2. The van der Waals surface area contributed by atoms with Crippen molar-refractivity contribution in [2.75, 3.05) is 0 Å². The smallest absolute Gasteiger partial charge is 0.316 e. The van der Waals surface area contributed by atoms with Gasteiger partial charge in [0.2, 0.25) is 0 Å². The molecule has 1 fully saturated rings. The average molecular weight is 277 g/mol.